The van der Waals surface area contributed by atoms with Gasteiger partial charge in [0, 0.05) is 17.7 Å². The number of benzene rings is 1. The highest BCUT2D eigenvalue weighted by Gasteiger charge is 2.21. The summed E-state index contributed by atoms with van der Waals surface area (Å²) in [5.41, 5.74) is 2.33. The minimum Gasteiger partial charge on any atom is -0.372 e. The van der Waals surface area contributed by atoms with E-state index in [1.807, 2.05) is 32.0 Å². The molecule has 21 heavy (non-hydrogen) atoms. The molecule has 7 heteroatoms. The van der Waals surface area contributed by atoms with Crippen molar-refractivity contribution in [3.63, 3.8) is 0 Å². The molecule has 1 aromatic carbocycles. The van der Waals surface area contributed by atoms with Gasteiger partial charge in [0.1, 0.15) is 10.7 Å². The van der Waals surface area contributed by atoms with Crippen LogP contribution in [0.3, 0.4) is 0 Å². The Morgan fingerprint density at radius 2 is 1.81 bits per heavy atom. The van der Waals surface area contributed by atoms with Gasteiger partial charge in [0.2, 0.25) is 0 Å². The van der Waals surface area contributed by atoms with Crippen molar-refractivity contribution in [2.24, 2.45) is 0 Å². The fraction of sp³-hybridized carbons (Fsp3) is 0.214. The molecule has 1 heterocycles. The van der Waals surface area contributed by atoms with Crippen LogP contribution >= 0.6 is 15.9 Å². The Balaban J connectivity index is 2.51. The van der Waals surface area contributed by atoms with Gasteiger partial charge in [-0.3, -0.25) is 4.72 Å². The zero-order valence-corrected chi connectivity index (χ0v) is 14.3. The minimum atomic E-state index is -3.73. The summed E-state index contributed by atoms with van der Waals surface area (Å²) in [5, 5.41) is 2.79. The van der Waals surface area contributed by atoms with E-state index in [-0.39, 0.29) is 4.90 Å². The lowest BCUT2D eigenvalue weighted by molar-refractivity contribution is 0.601. The second kappa shape index (κ2) is 6.03. The third-order valence-corrected chi connectivity index (χ3v) is 4.86. The van der Waals surface area contributed by atoms with Crippen molar-refractivity contribution in [3.8, 4) is 0 Å². The number of halogens is 1. The maximum Gasteiger partial charge on any atom is 0.265 e. The summed E-state index contributed by atoms with van der Waals surface area (Å²) in [6, 6.07) is 7.14. The summed E-state index contributed by atoms with van der Waals surface area (Å²) < 4.78 is 28.5. The van der Waals surface area contributed by atoms with E-state index in [9.17, 15) is 8.42 Å². The molecule has 0 saturated carbocycles. The average molecular weight is 370 g/mol. The first kappa shape index (κ1) is 15.8. The topological polar surface area (TPSA) is 71.1 Å². The lowest BCUT2D eigenvalue weighted by Gasteiger charge is -2.15. The molecule has 0 unspecified atom stereocenters. The minimum absolute atomic E-state index is 0.0991. The van der Waals surface area contributed by atoms with Crippen molar-refractivity contribution < 1.29 is 8.42 Å². The molecule has 0 aliphatic rings. The number of rotatable bonds is 4. The van der Waals surface area contributed by atoms with Gasteiger partial charge < -0.3 is 5.32 Å². The van der Waals surface area contributed by atoms with Gasteiger partial charge in [-0.05, 0) is 47.0 Å². The molecule has 2 aromatic rings. The summed E-state index contributed by atoms with van der Waals surface area (Å²) in [7, 11) is -2.10. The van der Waals surface area contributed by atoms with Crippen LogP contribution in [-0.2, 0) is 10.0 Å². The Kier molecular flexibility index (Phi) is 4.53. The van der Waals surface area contributed by atoms with Crippen LogP contribution in [0.5, 0.6) is 0 Å². The lowest BCUT2D eigenvalue weighted by atomic mass is 10.1. The number of aryl methyl sites for hydroxylation is 2. The molecule has 2 rings (SSSR count). The number of anilines is 2. The van der Waals surface area contributed by atoms with Gasteiger partial charge in [-0.1, -0.05) is 18.2 Å². The van der Waals surface area contributed by atoms with Crippen LogP contribution in [0.25, 0.3) is 0 Å². The standard InChI is InChI=1S/C14H16BrN3O2S/c1-9-5-4-6-10(2)13(9)18-21(19,20)12-7-11(15)8-17-14(12)16-3/h4-8,18H,1-3H3,(H,16,17). The van der Waals surface area contributed by atoms with Crippen LogP contribution < -0.4 is 10.0 Å². The highest BCUT2D eigenvalue weighted by Crippen LogP contribution is 2.27. The Bertz CT molecular complexity index is 756. The number of pyridine rings is 1. The third-order valence-electron chi connectivity index (χ3n) is 3.06. The quantitative estimate of drug-likeness (QED) is 0.866. The van der Waals surface area contributed by atoms with Gasteiger partial charge in [-0.25, -0.2) is 13.4 Å². The fourth-order valence-corrected chi connectivity index (χ4v) is 3.85. The number of aromatic nitrogens is 1. The van der Waals surface area contributed by atoms with Crippen LogP contribution in [0.1, 0.15) is 11.1 Å². The highest BCUT2D eigenvalue weighted by atomic mass is 79.9. The smallest absolute Gasteiger partial charge is 0.265 e. The van der Waals surface area contributed by atoms with Gasteiger partial charge in [0.05, 0.1) is 5.69 Å². The molecule has 0 saturated heterocycles. The zero-order valence-electron chi connectivity index (χ0n) is 11.9. The van der Waals surface area contributed by atoms with Crippen molar-refractivity contribution in [2.45, 2.75) is 18.7 Å². The first-order valence-corrected chi connectivity index (χ1v) is 8.55. The van der Waals surface area contributed by atoms with Crippen LogP contribution in [0.4, 0.5) is 11.5 Å². The van der Waals surface area contributed by atoms with E-state index in [4.69, 9.17) is 0 Å². The number of para-hydroxylation sites is 1. The van der Waals surface area contributed by atoms with E-state index < -0.39 is 10.0 Å². The predicted octanol–water partition coefficient (Wildman–Crippen LogP) is 3.30. The van der Waals surface area contributed by atoms with E-state index in [1.165, 1.54) is 6.07 Å². The molecule has 0 aliphatic heterocycles. The first-order valence-electron chi connectivity index (χ1n) is 6.27. The molecule has 5 nitrogen and oxygen atoms in total. The molecule has 0 bridgehead atoms. The number of nitrogens with one attached hydrogen (secondary N) is 2. The van der Waals surface area contributed by atoms with Crippen molar-refractivity contribution in [2.75, 3.05) is 17.1 Å². The first-order chi connectivity index (χ1) is 9.85. The third kappa shape index (κ3) is 3.36. The lowest BCUT2D eigenvalue weighted by Crippen LogP contribution is -2.17. The van der Waals surface area contributed by atoms with E-state index in [1.54, 1.807) is 13.2 Å². The van der Waals surface area contributed by atoms with E-state index in [2.05, 4.69) is 31.0 Å². The molecule has 0 atom stereocenters. The highest BCUT2D eigenvalue weighted by molar-refractivity contribution is 9.10. The maximum atomic E-state index is 12.6. The van der Waals surface area contributed by atoms with E-state index in [0.29, 0.717) is 16.0 Å². The van der Waals surface area contributed by atoms with Crippen LogP contribution in [-0.4, -0.2) is 20.4 Å². The van der Waals surface area contributed by atoms with E-state index >= 15 is 0 Å². The Morgan fingerprint density at radius 3 is 2.38 bits per heavy atom. The largest absolute Gasteiger partial charge is 0.372 e. The second-order valence-electron chi connectivity index (χ2n) is 4.62. The summed E-state index contributed by atoms with van der Waals surface area (Å²) in [4.78, 5) is 4.17. The van der Waals surface area contributed by atoms with Gasteiger partial charge in [0.15, 0.2) is 0 Å². The number of hydrogen-bond donors (Lipinski definition) is 2. The monoisotopic (exact) mass is 369 g/mol. The zero-order chi connectivity index (χ0) is 15.6. The normalized spacial score (nSPS) is 11.2. The predicted molar refractivity (Wildman–Crippen MR) is 88.2 cm³/mol. The number of sulfonamides is 1. The van der Waals surface area contributed by atoms with Gasteiger partial charge in [0.25, 0.3) is 10.0 Å². The second-order valence-corrected chi connectivity index (χ2v) is 7.19. The summed E-state index contributed by atoms with van der Waals surface area (Å²) >= 11 is 3.25. The summed E-state index contributed by atoms with van der Waals surface area (Å²) in [6.45, 7) is 3.73. The number of nitrogens with zero attached hydrogens (tertiary/aromatic N) is 1. The Labute approximate surface area is 133 Å². The van der Waals surface area contributed by atoms with Crippen LogP contribution in [0.15, 0.2) is 39.8 Å². The van der Waals surface area contributed by atoms with Crippen molar-refractivity contribution >= 4 is 37.5 Å². The summed E-state index contributed by atoms with van der Waals surface area (Å²) in [6.07, 6.45) is 1.55. The number of hydrogen-bond acceptors (Lipinski definition) is 4. The molecular weight excluding hydrogens is 354 g/mol. The SMILES string of the molecule is CNc1ncc(Br)cc1S(=O)(=O)Nc1c(C)cccc1C. The Hall–Kier alpha value is -1.60. The van der Waals surface area contributed by atoms with Crippen molar-refractivity contribution in [1.29, 1.82) is 0 Å². The molecule has 0 fully saturated rings. The Morgan fingerprint density at radius 1 is 1.19 bits per heavy atom. The average Bonchev–Trinajstić information content (AvgIpc) is 2.43. The summed E-state index contributed by atoms with van der Waals surface area (Å²) in [5.74, 6) is 0.303. The van der Waals surface area contributed by atoms with Crippen LogP contribution in [0.2, 0.25) is 0 Å². The molecule has 1 aromatic heterocycles. The van der Waals surface area contributed by atoms with E-state index in [0.717, 1.165) is 11.1 Å². The maximum absolute atomic E-state index is 12.6. The molecule has 112 valence electrons. The molecular formula is C14H16BrN3O2S. The molecule has 0 aliphatic carbocycles. The van der Waals surface area contributed by atoms with Gasteiger partial charge >= 0.3 is 0 Å². The molecule has 2 N–H and O–H groups in total. The van der Waals surface area contributed by atoms with Gasteiger partial charge in [-0.15, -0.1) is 0 Å². The fourth-order valence-electron chi connectivity index (χ4n) is 1.98. The van der Waals surface area contributed by atoms with Crippen molar-refractivity contribution in [3.05, 3.63) is 46.1 Å². The van der Waals surface area contributed by atoms with Crippen LogP contribution in [0, 0.1) is 13.8 Å². The van der Waals surface area contributed by atoms with Crippen molar-refractivity contribution in [1.82, 2.24) is 4.98 Å². The molecule has 0 amide bonds. The molecule has 0 spiro atoms. The van der Waals surface area contributed by atoms with Gasteiger partial charge in [-0.2, -0.15) is 0 Å². The molecule has 0 radical (unpaired) electrons.